The molecule has 0 aromatic carbocycles. The van der Waals surface area contributed by atoms with Gasteiger partial charge in [0.2, 0.25) is 0 Å². The van der Waals surface area contributed by atoms with Gasteiger partial charge in [-0.15, -0.1) is 0 Å². The molecule has 1 saturated heterocycles. The van der Waals surface area contributed by atoms with Crippen molar-refractivity contribution in [1.29, 1.82) is 0 Å². The van der Waals surface area contributed by atoms with Crippen LogP contribution in [0.1, 0.15) is 39.0 Å². The Hall–Kier alpha value is -0.120. The fourth-order valence-corrected chi connectivity index (χ4v) is 2.24. The van der Waals surface area contributed by atoms with Gasteiger partial charge in [0.1, 0.15) is 0 Å². The van der Waals surface area contributed by atoms with Gasteiger partial charge in [0, 0.05) is 6.04 Å². The summed E-state index contributed by atoms with van der Waals surface area (Å²) in [5.41, 5.74) is 0. The van der Waals surface area contributed by atoms with Gasteiger partial charge in [0.05, 0.1) is 6.61 Å². The van der Waals surface area contributed by atoms with Gasteiger partial charge in [-0.3, -0.25) is 0 Å². The van der Waals surface area contributed by atoms with Crippen molar-refractivity contribution < 1.29 is 5.11 Å². The Labute approximate surface area is 93.9 Å². The number of hydrogen-bond acceptors (Lipinski definition) is 3. The SMILES string of the molecule is CCNC(CO)CCN1CCCCCC1. The van der Waals surface area contributed by atoms with Crippen molar-refractivity contribution in [2.45, 2.75) is 45.1 Å². The molecule has 0 aromatic heterocycles. The van der Waals surface area contributed by atoms with Gasteiger partial charge in [-0.2, -0.15) is 0 Å². The first kappa shape index (κ1) is 12.9. The van der Waals surface area contributed by atoms with Crippen LogP contribution in [-0.2, 0) is 0 Å². The van der Waals surface area contributed by atoms with E-state index in [-0.39, 0.29) is 6.61 Å². The van der Waals surface area contributed by atoms with Crippen molar-refractivity contribution in [2.75, 3.05) is 32.8 Å². The zero-order chi connectivity index (χ0) is 10.9. The molecule has 1 atom stereocenters. The standard InChI is InChI=1S/C12H26N2O/c1-2-13-12(11-15)7-10-14-8-5-3-4-6-9-14/h12-13,15H,2-11H2,1H3. The van der Waals surface area contributed by atoms with E-state index < -0.39 is 0 Å². The maximum Gasteiger partial charge on any atom is 0.0585 e. The number of rotatable bonds is 6. The summed E-state index contributed by atoms with van der Waals surface area (Å²) in [5, 5.41) is 12.5. The van der Waals surface area contributed by atoms with Crippen LogP contribution >= 0.6 is 0 Å². The molecule has 1 heterocycles. The highest BCUT2D eigenvalue weighted by Crippen LogP contribution is 2.10. The summed E-state index contributed by atoms with van der Waals surface area (Å²) >= 11 is 0. The molecule has 1 aliphatic heterocycles. The van der Waals surface area contributed by atoms with Crippen LogP contribution in [0.4, 0.5) is 0 Å². The lowest BCUT2D eigenvalue weighted by molar-refractivity contribution is 0.209. The topological polar surface area (TPSA) is 35.5 Å². The second-order valence-electron chi connectivity index (χ2n) is 4.48. The van der Waals surface area contributed by atoms with E-state index in [1.54, 1.807) is 0 Å². The molecule has 0 spiro atoms. The molecule has 0 aliphatic carbocycles. The lowest BCUT2D eigenvalue weighted by Crippen LogP contribution is -2.37. The number of nitrogens with one attached hydrogen (secondary N) is 1. The average Bonchev–Trinajstić information content (AvgIpc) is 2.52. The quantitative estimate of drug-likeness (QED) is 0.698. The van der Waals surface area contributed by atoms with Crippen LogP contribution in [0.25, 0.3) is 0 Å². The van der Waals surface area contributed by atoms with Gasteiger partial charge in [0.25, 0.3) is 0 Å². The number of hydrogen-bond donors (Lipinski definition) is 2. The molecule has 90 valence electrons. The molecule has 0 saturated carbocycles. The summed E-state index contributed by atoms with van der Waals surface area (Å²) in [5.74, 6) is 0. The highest BCUT2D eigenvalue weighted by Gasteiger charge is 2.11. The van der Waals surface area contributed by atoms with Gasteiger partial charge in [-0.1, -0.05) is 19.8 Å². The first-order chi connectivity index (χ1) is 7.36. The van der Waals surface area contributed by atoms with E-state index in [0.29, 0.717) is 6.04 Å². The lowest BCUT2D eigenvalue weighted by atomic mass is 10.2. The lowest BCUT2D eigenvalue weighted by Gasteiger charge is -2.23. The molecule has 3 nitrogen and oxygen atoms in total. The van der Waals surface area contributed by atoms with Crippen molar-refractivity contribution in [2.24, 2.45) is 0 Å². The van der Waals surface area contributed by atoms with E-state index in [1.165, 1.54) is 38.8 Å². The summed E-state index contributed by atoms with van der Waals surface area (Å²) < 4.78 is 0. The molecule has 1 rings (SSSR count). The van der Waals surface area contributed by atoms with E-state index in [2.05, 4.69) is 17.1 Å². The molecule has 1 aliphatic rings. The minimum atomic E-state index is 0.266. The summed E-state index contributed by atoms with van der Waals surface area (Å²) in [6, 6.07) is 0.290. The molecule has 3 heteroatoms. The fourth-order valence-electron chi connectivity index (χ4n) is 2.24. The van der Waals surface area contributed by atoms with E-state index in [9.17, 15) is 0 Å². The molecule has 0 bridgehead atoms. The number of likely N-dealkylation sites (tertiary alicyclic amines) is 1. The zero-order valence-electron chi connectivity index (χ0n) is 10.0. The van der Waals surface area contributed by atoms with Crippen molar-refractivity contribution in [3.8, 4) is 0 Å². The van der Waals surface area contributed by atoms with Crippen LogP contribution in [0.15, 0.2) is 0 Å². The summed E-state index contributed by atoms with van der Waals surface area (Å²) in [7, 11) is 0. The highest BCUT2D eigenvalue weighted by molar-refractivity contribution is 4.69. The summed E-state index contributed by atoms with van der Waals surface area (Å²) in [6.07, 6.45) is 6.57. The molecular formula is C12H26N2O. The minimum Gasteiger partial charge on any atom is -0.395 e. The molecule has 0 aromatic rings. The smallest absolute Gasteiger partial charge is 0.0585 e. The van der Waals surface area contributed by atoms with Gasteiger partial charge in [-0.25, -0.2) is 0 Å². The van der Waals surface area contributed by atoms with E-state index >= 15 is 0 Å². The molecule has 1 unspecified atom stereocenters. The number of nitrogens with zero attached hydrogens (tertiary/aromatic N) is 1. The van der Waals surface area contributed by atoms with Crippen LogP contribution in [0.2, 0.25) is 0 Å². The third-order valence-corrected chi connectivity index (χ3v) is 3.21. The molecule has 2 N–H and O–H groups in total. The largest absolute Gasteiger partial charge is 0.395 e. The number of aliphatic hydroxyl groups is 1. The highest BCUT2D eigenvalue weighted by atomic mass is 16.3. The van der Waals surface area contributed by atoms with Crippen molar-refractivity contribution in [1.82, 2.24) is 10.2 Å². The Morgan fingerprint density at radius 2 is 1.87 bits per heavy atom. The molecule has 0 amide bonds. The van der Waals surface area contributed by atoms with Crippen LogP contribution in [0.5, 0.6) is 0 Å². The molecule has 0 radical (unpaired) electrons. The van der Waals surface area contributed by atoms with Gasteiger partial charge >= 0.3 is 0 Å². The molecule has 1 fully saturated rings. The Bertz CT molecular complexity index is 145. The molecule has 15 heavy (non-hydrogen) atoms. The van der Waals surface area contributed by atoms with Crippen molar-refractivity contribution in [3.05, 3.63) is 0 Å². The molecular weight excluding hydrogens is 188 g/mol. The van der Waals surface area contributed by atoms with Crippen molar-refractivity contribution in [3.63, 3.8) is 0 Å². The fraction of sp³-hybridized carbons (Fsp3) is 1.00. The Morgan fingerprint density at radius 1 is 1.20 bits per heavy atom. The van der Waals surface area contributed by atoms with E-state index in [1.807, 2.05) is 0 Å². The Morgan fingerprint density at radius 3 is 2.40 bits per heavy atom. The second-order valence-corrected chi connectivity index (χ2v) is 4.48. The maximum absolute atomic E-state index is 9.16. The van der Waals surface area contributed by atoms with Crippen LogP contribution in [0.3, 0.4) is 0 Å². The summed E-state index contributed by atoms with van der Waals surface area (Å²) in [6.45, 7) is 6.95. The van der Waals surface area contributed by atoms with Gasteiger partial charge in [-0.05, 0) is 45.4 Å². The monoisotopic (exact) mass is 214 g/mol. The van der Waals surface area contributed by atoms with Crippen LogP contribution in [-0.4, -0.2) is 48.8 Å². The van der Waals surface area contributed by atoms with Crippen LogP contribution < -0.4 is 5.32 Å². The summed E-state index contributed by atoms with van der Waals surface area (Å²) in [4.78, 5) is 2.55. The normalized spacial score (nSPS) is 21.2. The number of likely N-dealkylation sites (N-methyl/N-ethyl adjacent to an activating group) is 1. The zero-order valence-corrected chi connectivity index (χ0v) is 10.0. The maximum atomic E-state index is 9.16. The first-order valence-electron chi connectivity index (χ1n) is 6.43. The van der Waals surface area contributed by atoms with E-state index in [0.717, 1.165) is 19.5 Å². The number of aliphatic hydroxyl groups excluding tert-OH is 1. The van der Waals surface area contributed by atoms with E-state index in [4.69, 9.17) is 5.11 Å². The first-order valence-corrected chi connectivity index (χ1v) is 6.43. The third kappa shape index (κ3) is 5.50. The predicted molar refractivity (Wildman–Crippen MR) is 64.1 cm³/mol. The Kier molecular flexibility index (Phi) is 6.98. The third-order valence-electron chi connectivity index (χ3n) is 3.21. The average molecular weight is 214 g/mol. The van der Waals surface area contributed by atoms with Crippen LogP contribution in [0, 0.1) is 0 Å². The second kappa shape index (κ2) is 8.08. The minimum absolute atomic E-state index is 0.266. The van der Waals surface area contributed by atoms with Gasteiger partial charge in [0.15, 0.2) is 0 Å². The Balaban J connectivity index is 2.15. The van der Waals surface area contributed by atoms with Gasteiger partial charge < -0.3 is 15.3 Å². The van der Waals surface area contributed by atoms with Crippen molar-refractivity contribution >= 4 is 0 Å². The predicted octanol–water partition coefficient (Wildman–Crippen LogP) is 1.22.